The molecule has 1 saturated heterocycles. The fourth-order valence-corrected chi connectivity index (χ4v) is 3.20. The molecule has 134 valence electrons. The van der Waals surface area contributed by atoms with Gasteiger partial charge in [0.2, 0.25) is 5.91 Å². The molecule has 0 radical (unpaired) electrons. The van der Waals surface area contributed by atoms with Crippen LogP contribution < -0.4 is 5.32 Å². The van der Waals surface area contributed by atoms with Gasteiger partial charge in [-0.05, 0) is 43.6 Å². The van der Waals surface area contributed by atoms with Crippen molar-refractivity contribution in [3.63, 3.8) is 0 Å². The molecule has 2 aromatic rings. The molecule has 25 heavy (non-hydrogen) atoms. The van der Waals surface area contributed by atoms with E-state index < -0.39 is 0 Å². The molecule has 1 aliphatic rings. The maximum absolute atomic E-state index is 12.1. The summed E-state index contributed by atoms with van der Waals surface area (Å²) < 4.78 is 7.32. The van der Waals surface area contributed by atoms with Gasteiger partial charge in [-0.1, -0.05) is 30.3 Å². The number of rotatable bonds is 8. The molecule has 1 N–H and O–H groups in total. The summed E-state index contributed by atoms with van der Waals surface area (Å²) in [6, 6.07) is 10.4. The number of amides is 1. The zero-order valence-corrected chi connectivity index (χ0v) is 14.7. The Morgan fingerprint density at radius 1 is 1.20 bits per heavy atom. The van der Waals surface area contributed by atoms with Crippen molar-refractivity contribution in [2.75, 3.05) is 18.5 Å². The van der Waals surface area contributed by atoms with Gasteiger partial charge in [-0.25, -0.2) is 0 Å². The topological polar surface area (TPSA) is 56.2 Å². The lowest BCUT2D eigenvalue weighted by molar-refractivity contribution is -0.116. The third-order valence-electron chi connectivity index (χ3n) is 4.67. The van der Waals surface area contributed by atoms with Crippen LogP contribution in [0.4, 0.5) is 5.69 Å². The molecule has 1 aromatic heterocycles. The molecule has 0 spiro atoms. The first-order valence-electron chi connectivity index (χ1n) is 9.23. The quantitative estimate of drug-likeness (QED) is 0.746. The van der Waals surface area contributed by atoms with Crippen LogP contribution >= 0.6 is 0 Å². The van der Waals surface area contributed by atoms with Gasteiger partial charge in [0.15, 0.2) is 0 Å². The Balaban J connectivity index is 1.35. The summed E-state index contributed by atoms with van der Waals surface area (Å²) >= 11 is 0. The number of aryl methyl sites for hydroxylation is 1. The second-order valence-corrected chi connectivity index (χ2v) is 6.75. The summed E-state index contributed by atoms with van der Waals surface area (Å²) in [5.41, 5.74) is 2.12. The van der Waals surface area contributed by atoms with Crippen molar-refractivity contribution in [3.05, 3.63) is 48.3 Å². The zero-order chi connectivity index (χ0) is 17.3. The van der Waals surface area contributed by atoms with E-state index >= 15 is 0 Å². The largest absolute Gasteiger partial charge is 0.381 e. The van der Waals surface area contributed by atoms with E-state index in [9.17, 15) is 4.79 Å². The number of unbranched alkanes of at least 4 members (excludes halogenated alkanes) is 1. The van der Waals surface area contributed by atoms with Gasteiger partial charge in [0.1, 0.15) is 0 Å². The summed E-state index contributed by atoms with van der Waals surface area (Å²) in [6.45, 7) is 2.59. The van der Waals surface area contributed by atoms with Gasteiger partial charge >= 0.3 is 0 Å². The molecule has 5 heteroatoms. The highest BCUT2D eigenvalue weighted by Gasteiger charge is 2.15. The molecule has 0 aliphatic carbocycles. The minimum atomic E-state index is 0.0682. The number of carbonyl (C=O) groups is 1. The van der Waals surface area contributed by atoms with Crippen molar-refractivity contribution >= 4 is 11.6 Å². The number of anilines is 1. The molecule has 0 atom stereocenters. The summed E-state index contributed by atoms with van der Waals surface area (Å²) in [6.07, 6.45) is 9.34. The molecular weight excluding hydrogens is 314 g/mol. The minimum absolute atomic E-state index is 0.0682. The third-order valence-corrected chi connectivity index (χ3v) is 4.67. The van der Waals surface area contributed by atoms with Crippen LogP contribution in [0.1, 0.15) is 37.7 Å². The first-order valence-corrected chi connectivity index (χ1v) is 9.23. The van der Waals surface area contributed by atoms with Crippen molar-refractivity contribution in [3.8, 4) is 0 Å². The maximum Gasteiger partial charge on any atom is 0.224 e. The van der Waals surface area contributed by atoms with Gasteiger partial charge in [0.05, 0.1) is 11.9 Å². The number of nitrogens with zero attached hydrogens (tertiary/aromatic N) is 2. The van der Waals surface area contributed by atoms with Crippen molar-refractivity contribution in [1.82, 2.24) is 9.78 Å². The van der Waals surface area contributed by atoms with Crippen LogP contribution in [-0.4, -0.2) is 28.9 Å². The van der Waals surface area contributed by atoms with Crippen molar-refractivity contribution in [2.24, 2.45) is 5.92 Å². The molecule has 5 nitrogen and oxygen atoms in total. The Labute approximate surface area is 149 Å². The van der Waals surface area contributed by atoms with E-state index in [-0.39, 0.29) is 5.91 Å². The normalized spacial score (nSPS) is 15.2. The summed E-state index contributed by atoms with van der Waals surface area (Å²) in [4.78, 5) is 12.1. The Hall–Kier alpha value is -2.14. The first kappa shape index (κ1) is 17.7. The highest BCUT2D eigenvalue weighted by Crippen LogP contribution is 2.17. The van der Waals surface area contributed by atoms with Crippen LogP contribution in [0, 0.1) is 5.92 Å². The van der Waals surface area contributed by atoms with Crippen molar-refractivity contribution in [2.45, 2.75) is 45.1 Å². The number of carbonyl (C=O) groups excluding carboxylic acids is 1. The summed E-state index contributed by atoms with van der Waals surface area (Å²) in [5, 5.41) is 7.31. The molecule has 0 unspecified atom stereocenters. The SMILES string of the molecule is O=C(CCCCc1ccccc1)Nc1cnn(CC2CCOCC2)c1. The van der Waals surface area contributed by atoms with E-state index in [4.69, 9.17) is 4.74 Å². The highest BCUT2D eigenvalue weighted by molar-refractivity contribution is 5.90. The summed E-state index contributed by atoms with van der Waals surface area (Å²) in [7, 11) is 0. The van der Waals surface area contributed by atoms with Crippen LogP contribution in [0.5, 0.6) is 0 Å². The van der Waals surface area contributed by atoms with Gasteiger partial charge in [-0.2, -0.15) is 5.10 Å². The van der Waals surface area contributed by atoms with Gasteiger partial charge in [0.25, 0.3) is 0 Å². The summed E-state index contributed by atoms with van der Waals surface area (Å²) in [5.74, 6) is 0.689. The zero-order valence-electron chi connectivity index (χ0n) is 14.7. The van der Waals surface area contributed by atoms with Crippen LogP contribution in [-0.2, 0) is 22.5 Å². The number of nitrogens with one attached hydrogen (secondary N) is 1. The standard InChI is InChI=1S/C20H27N3O2/c24-20(9-5-4-8-17-6-2-1-3-7-17)22-19-14-21-23(16-19)15-18-10-12-25-13-11-18/h1-3,6-7,14,16,18H,4-5,8-13,15H2,(H,22,24). The molecule has 1 amide bonds. The first-order chi connectivity index (χ1) is 12.3. The molecule has 2 heterocycles. The Morgan fingerprint density at radius 3 is 2.80 bits per heavy atom. The second-order valence-electron chi connectivity index (χ2n) is 6.75. The predicted octanol–water partition coefficient (Wildman–Crippen LogP) is 3.66. The molecule has 1 aromatic carbocycles. The van der Waals surface area contributed by atoms with Gasteiger partial charge in [0, 0.05) is 32.4 Å². The van der Waals surface area contributed by atoms with E-state index in [0.29, 0.717) is 12.3 Å². The third kappa shape index (κ3) is 6.02. The maximum atomic E-state index is 12.1. The van der Waals surface area contributed by atoms with E-state index in [0.717, 1.165) is 57.6 Å². The monoisotopic (exact) mass is 341 g/mol. The second kappa shape index (κ2) is 9.37. The fraction of sp³-hybridized carbons (Fsp3) is 0.500. The minimum Gasteiger partial charge on any atom is -0.381 e. The molecule has 3 rings (SSSR count). The Bertz CT molecular complexity index is 648. The molecule has 0 bridgehead atoms. The lowest BCUT2D eigenvalue weighted by atomic mass is 10.0. The number of hydrogen-bond donors (Lipinski definition) is 1. The van der Waals surface area contributed by atoms with E-state index in [2.05, 4.69) is 34.7 Å². The molecule has 1 fully saturated rings. The smallest absolute Gasteiger partial charge is 0.224 e. The van der Waals surface area contributed by atoms with Crippen LogP contribution in [0.25, 0.3) is 0 Å². The van der Waals surface area contributed by atoms with Crippen molar-refractivity contribution in [1.29, 1.82) is 0 Å². The Kier molecular flexibility index (Phi) is 6.63. The average molecular weight is 341 g/mol. The molecular formula is C20H27N3O2. The van der Waals surface area contributed by atoms with Gasteiger partial charge in [-0.15, -0.1) is 0 Å². The van der Waals surface area contributed by atoms with E-state index in [1.165, 1.54) is 5.56 Å². The van der Waals surface area contributed by atoms with Gasteiger partial charge < -0.3 is 10.1 Å². The van der Waals surface area contributed by atoms with Crippen LogP contribution in [0.3, 0.4) is 0 Å². The molecule has 1 aliphatic heterocycles. The average Bonchev–Trinajstić information content (AvgIpc) is 3.07. The lowest BCUT2D eigenvalue weighted by Crippen LogP contribution is -2.20. The van der Waals surface area contributed by atoms with Crippen LogP contribution in [0.2, 0.25) is 0 Å². The fourth-order valence-electron chi connectivity index (χ4n) is 3.20. The predicted molar refractivity (Wildman–Crippen MR) is 98.4 cm³/mol. The van der Waals surface area contributed by atoms with E-state index in [1.807, 2.05) is 16.9 Å². The van der Waals surface area contributed by atoms with E-state index in [1.54, 1.807) is 6.20 Å². The number of hydrogen-bond acceptors (Lipinski definition) is 3. The number of ether oxygens (including phenoxy) is 1. The molecule has 0 saturated carbocycles. The van der Waals surface area contributed by atoms with Gasteiger partial charge in [-0.3, -0.25) is 9.48 Å². The van der Waals surface area contributed by atoms with Crippen molar-refractivity contribution < 1.29 is 9.53 Å². The van der Waals surface area contributed by atoms with Crippen LogP contribution in [0.15, 0.2) is 42.7 Å². The number of aromatic nitrogens is 2. The number of benzene rings is 1. The highest BCUT2D eigenvalue weighted by atomic mass is 16.5. The Morgan fingerprint density at radius 2 is 2.00 bits per heavy atom. The lowest BCUT2D eigenvalue weighted by Gasteiger charge is -2.21.